The summed E-state index contributed by atoms with van der Waals surface area (Å²) >= 11 is 0. The SMILES string of the molecule is CC(C)Cc1ccc(C(C)C(=O)OCCN2CCOCC2)cc1.Cl. The number of nitrogens with zero attached hydrogens (tertiary/aromatic N) is 1. The second-order valence-corrected chi connectivity index (χ2v) is 6.68. The molecule has 1 aliphatic rings. The van der Waals surface area contributed by atoms with Crippen molar-refractivity contribution in [2.75, 3.05) is 39.5 Å². The molecule has 0 radical (unpaired) electrons. The van der Waals surface area contributed by atoms with E-state index >= 15 is 0 Å². The summed E-state index contributed by atoms with van der Waals surface area (Å²) in [5.74, 6) is 0.283. The first-order valence-corrected chi connectivity index (χ1v) is 8.62. The van der Waals surface area contributed by atoms with Gasteiger partial charge in [-0.1, -0.05) is 38.1 Å². The van der Waals surface area contributed by atoms with E-state index in [1.165, 1.54) is 5.56 Å². The lowest BCUT2D eigenvalue weighted by molar-refractivity contribution is -0.145. The first-order valence-electron chi connectivity index (χ1n) is 8.62. The van der Waals surface area contributed by atoms with E-state index in [0.29, 0.717) is 12.5 Å². The van der Waals surface area contributed by atoms with Crippen molar-refractivity contribution < 1.29 is 14.3 Å². The zero-order chi connectivity index (χ0) is 16.7. The van der Waals surface area contributed by atoms with E-state index < -0.39 is 0 Å². The first kappa shape index (κ1) is 20.9. The zero-order valence-electron chi connectivity index (χ0n) is 15.0. The average molecular weight is 356 g/mol. The summed E-state index contributed by atoms with van der Waals surface area (Å²) in [5.41, 5.74) is 2.34. The number of morpholine rings is 1. The van der Waals surface area contributed by atoms with Gasteiger partial charge in [0.1, 0.15) is 6.61 Å². The standard InChI is InChI=1S/C19H29NO3.ClH/c1-15(2)14-17-4-6-18(7-5-17)16(3)19(21)23-13-10-20-8-11-22-12-9-20;/h4-7,15-16H,8-14H2,1-3H3;1H. The summed E-state index contributed by atoms with van der Waals surface area (Å²) in [6.07, 6.45) is 1.07. The molecular weight excluding hydrogens is 326 g/mol. The zero-order valence-corrected chi connectivity index (χ0v) is 15.8. The maximum atomic E-state index is 12.2. The summed E-state index contributed by atoms with van der Waals surface area (Å²) < 4.78 is 10.7. The Bertz CT molecular complexity index is 484. The quantitative estimate of drug-likeness (QED) is 0.703. The van der Waals surface area contributed by atoms with Crippen molar-refractivity contribution in [3.63, 3.8) is 0 Å². The van der Waals surface area contributed by atoms with Crippen LogP contribution in [0.3, 0.4) is 0 Å². The van der Waals surface area contributed by atoms with Crippen LogP contribution in [0, 0.1) is 5.92 Å². The van der Waals surface area contributed by atoms with E-state index in [1.54, 1.807) is 0 Å². The topological polar surface area (TPSA) is 38.8 Å². The Balaban J connectivity index is 0.00000288. The fourth-order valence-corrected chi connectivity index (χ4v) is 2.77. The highest BCUT2D eigenvalue weighted by Crippen LogP contribution is 2.19. The Labute approximate surface area is 151 Å². The third-order valence-corrected chi connectivity index (χ3v) is 4.23. The van der Waals surface area contributed by atoms with Gasteiger partial charge in [0.25, 0.3) is 0 Å². The van der Waals surface area contributed by atoms with Gasteiger partial charge in [-0.2, -0.15) is 0 Å². The predicted octanol–water partition coefficient (Wildman–Crippen LogP) is 3.29. The number of benzene rings is 1. The molecule has 1 atom stereocenters. The highest BCUT2D eigenvalue weighted by Gasteiger charge is 2.17. The fourth-order valence-electron chi connectivity index (χ4n) is 2.77. The van der Waals surface area contributed by atoms with Gasteiger partial charge in [0.15, 0.2) is 0 Å². The molecule has 1 aromatic carbocycles. The van der Waals surface area contributed by atoms with E-state index in [2.05, 4.69) is 30.9 Å². The molecule has 0 aromatic heterocycles. The fraction of sp³-hybridized carbons (Fsp3) is 0.632. The maximum Gasteiger partial charge on any atom is 0.313 e. The number of carbonyl (C=O) groups is 1. The molecule has 1 unspecified atom stereocenters. The second-order valence-electron chi connectivity index (χ2n) is 6.68. The highest BCUT2D eigenvalue weighted by atomic mass is 35.5. The summed E-state index contributed by atoms with van der Waals surface area (Å²) in [7, 11) is 0. The molecule has 136 valence electrons. The van der Waals surface area contributed by atoms with Crippen LogP contribution < -0.4 is 0 Å². The van der Waals surface area contributed by atoms with Gasteiger partial charge >= 0.3 is 5.97 Å². The number of ether oxygens (including phenoxy) is 2. The van der Waals surface area contributed by atoms with Crippen molar-refractivity contribution in [1.29, 1.82) is 0 Å². The van der Waals surface area contributed by atoms with E-state index in [4.69, 9.17) is 9.47 Å². The lowest BCUT2D eigenvalue weighted by atomic mass is 9.97. The Morgan fingerprint density at radius 2 is 1.79 bits per heavy atom. The molecule has 0 bridgehead atoms. The summed E-state index contributed by atoms with van der Waals surface area (Å²) in [5, 5.41) is 0. The van der Waals surface area contributed by atoms with Crippen LogP contribution in [0.4, 0.5) is 0 Å². The molecular formula is C19H30ClNO3. The van der Waals surface area contributed by atoms with Crippen LogP contribution in [-0.2, 0) is 20.7 Å². The lowest BCUT2D eigenvalue weighted by Gasteiger charge is -2.26. The van der Waals surface area contributed by atoms with Crippen LogP contribution in [0.25, 0.3) is 0 Å². The van der Waals surface area contributed by atoms with Crippen molar-refractivity contribution in [3.8, 4) is 0 Å². The molecule has 24 heavy (non-hydrogen) atoms. The van der Waals surface area contributed by atoms with Gasteiger partial charge in [-0.15, -0.1) is 12.4 Å². The minimum absolute atomic E-state index is 0. The van der Waals surface area contributed by atoms with Gasteiger partial charge < -0.3 is 9.47 Å². The van der Waals surface area contributed by atoms with Crippen molar-refractivity contribution in [1.82, 2.24) is 4.90 Å². The minimum atomic E-state index is -0.215. The van der Waals surface area contributed by atoms with Gasteiger partial charge in [0, 0.05) is 19.6 Å². The minimum Gasteiger partial charge on any atom is -0.464 e. The molecule has 1 fully saturated rings. The van der Waals surface area contributed by atoms with Crippen molar-refractivity contribution >= 4 is 18.4 Å². The normalized spacial score (nSPS) is 16.5. The summed E-state index contributed by atoms with van der Waals surface area (Å²) in [6, 6.07) is 8.33. The van der Waals surface area contributed by atoms with Crippen LogP contribution >= 0.6 is 12.4 Å². The monoisotopic (exact) mass is 355 g/mol. The average Bonchev–Trinajstić information content (AvgIpc) is 2.55. The number of carbonyl (C=O) groups excluding carboxylic acids is 1. The molecule has 2 rings (SSSR count). The molecule has 0 amide bonds. The van der Waals surface area contributed by atoms with Crippen LogP contribution in [0.2, 0.25) is 0 Å². The van der Waals surface area contributed by atoms with Crippen molar-refractivity contribution in [3.05, 3.63) is 35.4 Å². The third kappa shape index (κ3) is 6.80. The van der Waals surface area contributed by atoms with Crippen LogP contribution in [0.1, 0.15) is 37.8 Å². The molecule has 1 aromatic rings. The lowest BCUT2D eigenvalue weighted by Crippen LogP contribution is -2.38. The number of halogens is 1. The number of rotatable bonds is 7. The third-order valence-electron chi connectivity index (χ3n) is 4.23. The van der Waals surface area contributed by atoms with Crippen LogP contribution in [-0.4, -0.2) is 50.3 Å². The molecule has 1 saturated heterocycles. The number of hydrogen-bond acceptors (Lipinski definition) is 4. The van der Waals surface area contributed by atoms with Crippen molar-refractivity contribution in [2.24, 2.45) is 5.92 Å². The largest absolute Gasteiger partial charge is 0.464 e. The number of esters is 1. The molecule has 4 nitrogen and oxygen atoms in total. The highest BCUT2D eigenvalue weighted by molar-refractivity contribution is 5.85. The molecule has 1 aliphatic heterocycles. The smallest absolute Gasteiger partial charge is 0.313 e. The molecule has 1 heterocycles. The Morgan fingerprint density at radius 1 is 1.17 bits per heavy atom. The van der Waals surface area contributed by atoms with Gasteiger partial charge in [-0.3, -0.25) is 9.69 Å². The summed E-state index contributed by atoms with van der Waals surface area (Å²) in [6.45, 7) is 11.0. The van der Waals surface area contributed by atoms with E-state index in [1.807, 2.05) is 19.1 Å². The molecule has 0 saturated carbocycles. The molecule has 0 N–H and O–H groups in total. The molecule has 0 spiro atoms. The van der Waals surface area contributed by atoms with E-state index in [-0.39, 0.29) is 24.3 Å². The van der Waals surface area contributed by atoms with Gasteiger partial charge in [-0.25, -0.2) is 0 Å². The molecule has 0 aliphatic carbocycles. The predicted molar refractivity (Wildman–Crippen MR) is 98.9 cm³/mol. The Hall–Kier alpha value is -1.10. The van der Waals surface area contributed by atoms with E-state index in [9.17, 15) is 4.79 Å². The second kappa shape index (κ2) is 10.7. The van der Waals surface area contributed by atoms with Gasteiger partial charge in [0.05, 0.1) is 19.1 Å². The van der Waals surface area contributed by atoms with Crippen LogP contribution in [0.15, 0.2) is 24.3 Å². The summed E-state index contributed by atoms with van der Waals surface area (Å²) in [4.78, 5) is 14.4. The van der Waals surface area contributed by atoms with Crippen LogP contribution in [0.5, 0.6) is 0 Å². The van der Waals surface area contributed by atoms with Gasteiger partial charge in [-0.05, 0) is 30.4 Å². The van der Waals surface area contributed by atoms with E-state index in [0.717, 1.165) is 44.8 Å². The van der Waals surface area contributed by atoms with Gasteiger partial charge in [0.2, 0.25) is 0 Å². The maximum absolute atomic E-state index is 12.2. The molecule has 5 heteroatoms. The Morgan fingerprint density at radius 3 is 2.38 bits per heavy atom. The Kier molecular flexibility index (Phi) is 9.34. The van der Waals surface area contributed by atoms with Crippen molar-refractivity contribution in [2.45, 2.75) is 33.1 Å². The number of hydrogen-bond donors (Lipinski definition) is 0. The first-order chi connectivity index (χ1) is 11.1.